The summed E-state index contributed by atoms with van der Waals surface area (Å²) < 4.78 is 0. The topological polar surface area (TPSA) is 57.4 Å². The summed E-state index contributed by atoms with van der Waals surface area (Å²) in [7, 11) is 0. The first-order valence-corrected chi connectivity index (χ1v) is 10.2. The Kier molecular flexibility index (Phi) is 5.32. The van der Waals surface area contributed by atoms with Crippen LogP contribution in [0.4, 0.5) is 0 Å². The van der Waals surface area contributed by atoms with Crippen LogP contribution < -0.4 is 0 Å². The standard InChI is InChI=1S/2C11H18N2/c1-11(2,3)9-4-5-10-8(6-9)7-12-13-10;1-11(2,3)9-5-4-8-7-12-13-10(8)6-9/h2*7,9H,4-6H2,1-3H3,(H,12,13). The summed E-state index contributed by atoms with van der Waals surface area (Å²) in [6.07, 6.45) is 11.4. The Morgan fingerprint density at radius 3 is 1.92 bits per heavy atom. The van der Waals surface area contributed by atoms with Crippen molar-refractivity contribution >= 4 is 0 Å². The molecule has 144 valence electrons. The number of rotatable bonds is 0. The van der Waals surface area contributed by atoms with Gasteiger partial charge in [0.25, 0.3) is 0 Å². The van der Waals surface area contributed by atoms with E-state index in [2.05, 4.69) is 61.9 Å². The second kappa shape index (κ2) is 7.21. The van der Waals surface area contributed by atoms with Crippen molar-refractivity contribution in [2.75, 3.05) is 0 Å². The predicted molar refractivity (Wildman–Crippen MR) is 107 cm³/mol. The highest BCUT2D eigenvalue weighted by atomic mass is 15.1. The summed E-state index contributed by atoms with van der Waals surface area (Å²) in [6.45, 7) is 14.0. The highest BCUT2D eigenvalue weighted by Gasteiger charge is 2.30. The molecular weight excluding hydrogens is 320 g/mol. The third-order valence-corrected chi connectivity index (χ3v) is 6.49. The van der Waals surface area contributed by atoms with Crippen LogP contribution in [0.5, 0.6) is 0 Å². The molecule has 0 radical (unpaired) electrons. The van der Waals surface area contributed by atoms with E-state index >= 15 is 0 Å². The average molecular weight is 357 g/mol. The maximum Gasteiger partial charge on any atom is 0.0522 e. The summed E-state index contributed by atoms with van der Waals surface area (Å²) >= 11 is 0. The first kappa shape index (κ1) is 19.2. The maximum atomic E-state index is 4.10. The summed E-state index contributed by atoms with van der Waals surface area (Å²) in [4.78, 5) is 0. The number of nitrogens with one attached hydrogen (secondary N) is 2. The summed E-state index contributed by atoms with van der Waals surface area (Å²) in [5.74, 6) is 1.62. The second-order valence-electron chi connectivity index (χ2n) is 10.4. The molecule has 0 saturated heterocycles. The van der Waals surface area contributed by atoms with Crippen LogP contribution in [0, 0.1) is 22.7 Å². The number of hydrogen-bond acceptors (Lipinski definition) is 2. The second-order valence-corrected chi connectivity index (χ2v) is 10.4. The Morgan fingerprint density at radius 1 is 0.731 bits per heavy atom. The van der Waals surface area contributed by atoms with E-state index in [1.54, 1.807) is 0 Å². The molecular formula is C22H36N4. The van der Waals surface area contributed by atoms with Crippen LogP contribution in [0.3, 0.4) is 0 Å². The van der Waals surface area contributed by atoms with Gasteiger partial charge in [-0.2, -0.15) is 10.2 Å². The molecule has 0 saturated carbocycles. The molecule has 2 atom stereocenters. The molecule has 2 aromatic rings. The molecule has 0 fully saturated rings. The Hall–Kier alpha value is -1.58. The van der Waals surface area contributed by atoms with Crippen molar-refractivity contribution in [3.05, 3.63) is 34.9 Å². The number of H-pyrrole nitrogens is 2. The van der Waals surface area contributed by atoms with Crippen LogP contribution in [0.15, 0.2) is 12.4 Å². The minimum Gasteiger partial charge on any atom is -0.282 e. The lowest BCUT2D eigenvalue weighted by atomic mass is 9.72. The van der Waals surface area contributed by atoms with Crippen LogP contribution >= 0.6 is 0 Å². The largest absolute Gasteiger partial charge is 0.282 e. The number of aromatic nitrogens is 4. The number of aromatic amines is 2. The minimum atomic E-state index is 0.433. The zero-order chi connectivity index (χ0) is 18.9. The lowest BCUT2D eigenvalue weighted by molar-refractivity contribution is 0.214. The van der Waals surface area contributed by atoms with Crippen molar-refractivity contribution in [2.45, 2.75) is 80.1 Å². The van der Waals surface area contributed by atoms with Gasteiger partial charge in [0, 0.05) is 11.4 Å². The molecule has 2 aliphatic carbocycles. The van der Waals surface area contributed by atoms with E-state index in [-0.39, 0.29) is 0 Å². The smallest absolute Gasteiger partial charge is 0.0522 e. The van der Waals surface area contributed by atoms with Gasteiger partial charge in [-0.15, -0.1) is 0 Å². The first-order chi connectivity index (χ1) is 12.1. The molecule has 0 bridgehead atoms. The fourth-order valence-electron chi connectivity index (χ4n) is 4.30. The molecule has 26 heavy (non-hydrogen) atoms. The molecule has 0 amide bonds. The number of aryl methyl sites for hydroxylation is 2. The van der Waals surface area contributed by atoms with Gasteiger partial charge in [0.15, 0.2) is 0 Å². The van der Waals surface area contributed by atoms with Gasteiger partial charge in [-0.25, -0.2) is 0 Å². The minimum absolute atomic E-state index is 0.433. The summed E-state index contributed by atoms with van der Waals surface area (Å²) in [6, 6.07) is 0. The molecule has 2 heterocycles. The predicted octanol–water partition coefficient (Wildman–Crippen LogP) is 5.12. The van der Waals surface area contributed by atoms with Gasteiger partial charge in [-0.3, -0.25) is 10.2 Å². The molecule has 2 N–H and O–H groups in total. The van der Waals surface area contributed by atoms with Gasteiger partial charge in [0.05, 0.1) is 12.4 Å². The zero-order valence-corrected chi connectivity index (χ0v) is 17.4. The van der Waals surface area contributed by atoms with Crippen molar-refractivity contribution in [1.82, 2.24) is 20.4 Å². The number of hydrogen-bond donors (Lipinski definition) is 2. The van der Waals surface area contributed by atoms with Crippen LogP contribution in [-0.2, 0) is 25.7 Å². The van der Waals surface area contributed by atoms with E-state index in [4.69, 9.17) is 0 Å². The highest BCUT2D eigenvalue weighted by molar-refractivity contribution is 5.21. The summed E-state index contributed by atoms with van der Waals surface area (Å²) in [5.41, 5.74) is 6.47. The van der Waals surface area contributed by atoms with Gasteiger partial charge in [-0.1, -0.05) is 41.5 Å². The molecule has 0 aliphatic heterocycles. The first-order valence-electron chi connectivity index (χ1n) is 10.2. The normalized spacial score (nSPS) is 22.8. The molecule has 4 rings (SSSR count). The van der Waals surface area contributed by atoms with Gasteiger partial charge in [-0.05, 0) is 72.3 Å². The molecule has 0 aromatic carbocycles. The molecule has 0 spiro atoms. The fraction of sp³-hybridized carbons (Fsp3) is 0.727. The lowest BCUT2D eigenvalue weighted by Gasteiger charge is -2.33. The van der Waals surface area contributed by atoms with Crippen molar-refractivity contribution in [1.29, 1.82) is 0 Å². The molecule has 4 heteroatoms. The van der Waals surface area contributed by atoms with Crippen molar-refractivity contribution in [3.63, 3.8) is 0 Å². The molecule has 2 aromatic heterocycles. The van der Waals surface area contributed by atoms with Crippen molar-refractivity contribution < 1.29 is 0 Å². The Morgan fingerprint density at radius 2 is 1.27 bits per heavy atom. The zero-order valence-electron chi connectivity index (χ0n) is 17.4. The van der Waals surface area contributed by atoms with Crippen LogP contribution in [0.1, 0.15) is 76.9 Å². The SMILES string of the molecule is CC(C)(C)C1CCc2[nH]ncc2C1.CC(C)(C)C1CCc2cn[nH]c2C1. The Bertz CT molecular complexity index is 649. The molecule has 4 nitrogen and oxygen atoms in total. The van der Waals surface area contributed by atoms with E-state index in [1.165, 1.54) is 61.0 Å². The highest BCUT2D eigenvalue weighted by Crippen LogP contribution is 2.37. The van der Waals surface area contributed by atoms with E-state index in [1.807, 2.05) is 12.4 Å². The molecule has 2 aliphatic rings. The van der Waals surface area contributed by atoms with Gasteiger partial charge >= 0.3 is 0 Å². The monoisotopic (exact) mass is 356 g/mol. The van der Waals surface area contributed by atoms with Crippen LogP contribution in [0.25, 0.3) is 0 Å². The van der Waals surface area contributed by atoms with E-state index < -0.39 is 0 Å². The maximum absolute atomic E-state index is 4.10. The van der Waals surface area contributed by atoms with Gasteiger partial charge < -0.3 is 0 Å². The average Bonchev–Trinajstić information content (AvgIpc) is 3.21. The Balaban J connectivity index is 0.000000151. The number of fused-ring (bicyclic) bond motifs is 2. The quantitative estimate of drug-likeness (QED) is 0.688. The lowest BCUT2D eigenvalue weighted by Crippen LogP contribution is -2.26. The third kappa shape index (κ3) is 4.39. The summed E-state index contributed by atoms with van der Waals surface area (Å²) in [5, 5.41) is 14.4. The van der Waals surface area contributed by atoms with Crippen LogP contribution in [0.2, 0.25) is 0 Å². The van der Waals surface area contributed by atoms with E-state index in [9.17, 15) is 0 Å². The number of nitrogens with zero attached hydrogens (tertiary/aromatic N) is 2. The van der Waals surface area contributed by atoms with Crippen molar-refractivity contribution in [2.24, 2.45) is 22.7 Å². The molecule has 2 unspecified atom stereocenters. The van der Waals surface area contributed by atoms with Gasteiger partial charge in [0.1, 0.15) is 0 Å². The van der Waals surface area contributed by atoms with Crippen molar-refractivity contribution in [3.8, 4) is 0 Å². The van der Waals surface area contributed by atoms with Crippen LogP contribution in [-0.4, -0.2) is 20.4 Å². The van der Waals surface area contributed by atoms with E-state index in [0.29, 0.717) is 10.8 Å². The third-order valence-electron chi connectivity index (χ3n) is 6.49. The van der Waals surface area contributed by atoms with E-state index in [0.717, 1.165) is 11.8 Å². The Labute approximate surface area is 158 Å². The fourth-order valence-corrected chi connectivity index (χ4v) is 4.30. The van der Waals surface area contributed by atoms with Gasteiger partial charge in [0.2, 0.25) is 0 Å².